The largest absolute Gasteiger partial charge is 0.219 e. The fraction of sp³-hybridized carbons (Fsp3) is 0. The zero-order valence-electron chi connectivity index (χ0n) is 8.00. The van der Waals surface area contributed by atoms with Crippen LogP contribution in [0.25, 0.3) is 0 Å². The molecule has 0 atom stereocenters. The Kier molecular flexibility index (Phi) is 2.56. The van der Waals surface area contributed by atoms with Crippen molar-refractivity contribution >= 4 is 9.84 Å². The SMILES string of the molecule is [18O]=S(=[18O])(c1ccccc1)c1ccccc1. The van der Waals surface area contributed by atoms with Gasteiger partial charge in [-0.05, 0) is 24.3 Å². The maximum Gasteiger partial charge on any atom is 0.206 e. The highest BCUT2D eigenvalue weighted by molar-refractivity contribution is 7.91. The molecule has 76 valence electrons. The third-order valence-electron chi connectivity index (χ3n) is 2.11. The Morgan fingerprint density at radius 1 is 0.600 bits per heavy atom. The van der Waals surface area contributed by atoms with Crippen LogP contribution in [0.2, 0.25) is 0 Å². The predicted molar refractivity (Wildman–Crippen MR) is 58.3 cm³/mol. The van der Waals surface area contributed by atoms with Crippen molar-refractivity contribution in [2.75, 3.05) is 0 Å². The molecule has 0 unspecified atom stereocenters. The molecule has 0 saturated carbocycles. The van der Waals surface area contributed by atoms with Crippen LogP contribution >= 0.6 is 0 Å². The molecule has 0 fully saturated rings. The molecule has 0 amide bonds. The van der Waals surface area contributed by atoms with E-state index in [4.69, 9.17) is 0 Å². The Balaban J connectivity index is 2.55. The number of benzene rings is 2. The molecule has 3 heteroatoms. The molecule has 0 radical (unpaired) electrons. The summed E-state index contributed by atoms with van der Waals surface area (Å²) in [5.41, 5.74) is 0. The lowest BCUT2D eigenvalue weighted by Gasteiger charge is -2.03. The minimum atomic E-state index is -3.34. The van der Waals surface area contributed by atoms with Crippen molar-refractivity contribution in [3.8, 4) is 0 Å². The van der Waals surface area contributed by atoms with E-state index in [9.17, 15) is 8.42 Å². The van der Waals surface area contributed by atoms with Gasteiger partial charge in [0.1, 0.15) is 0 Å². The van der Waals surface area contributed by atoms with Crippen molar-refractivity contribution in [2.45, 2.75) is 9.79 Å². The molecular formula is C12H10O2S. The van der Waals surface area contributed by atoms with Gasteiger partial charge in [0.05, 0.1) is 9.79 Å². The Bertz CT molecular complexity index is 485. The number of hydrogen-bond donors (Lipinski definition) is 0. The molecular weight excluding hydrogens is 212 g/mol. The van der Waals surface area contributed by atoms with Gasteiger partial charge < -0.3 is 0 Å². The summed E-state index contributed by atoms with van der Waals surface area (Å²) < 4.78 is 24.1. The van der Waals surface area contributed by atoms with Gasteiger partial charge in [-0.2, -0.15) is 0 Å². The third kappa shape index (κ3) is 1.92. The van der Waals surface area contributed by atoms with E-state index < -0.39 is 9.84 Å². The number of rotatable bonds is 2. The first kappa shape index (κ1) is 9.93. The molecule has 0 bridgehead atoms. The Labute approximate surface area is 89.1 Å². The van der Waals surface area contributed by atoms with Crippen LogP contribution in [0.3, 0.4) is 0 Å². The fourth-order valence-electron chi connectivity index (χ4n) is 1.34. The first-order chi connectivity index (χ1) is 7.21. The summed E-state index contributed by atoms with van der Waals surface area (Å²) in [4.78, 5) is 0.660. The molecule has 0 N–H and O–H groups in total. The molecule has 2 rings (SSSR count). The van der Waals surface area contributed by atoms with Gasteiger partial charge in [-0.25, -0.2) is 8.42 Å². The maximum atomic E-state index is 12.0. The molecule has 2 aromatic carbocycles. The van der Waals surface area contributed by atoms with Crippen molar-refractivity contribution in [1.29, 1.82) is 0 Å². The molecule has 0 heterocycles. The van der Waals surface area contributed by atoms with Gasteiger partial charge >= 0.3 is 0 Å². The zero-order chi connectivity index (χ0) is 10.7. The van der Waals surface area contributed by atoms with Gasteiger partial charge in [0.15, 0.2) is 0 Å². The van der Waals surface area contributed by atoms with E-state index >= 15 is 0 Å². The van der Waals surface area contributed by atoms with Crippen LogP contribution < -0.4 is 0 Å². The first-order valence-electron chi connectivity index (χ1n) is 4.56. The van der Waals surface area contributed by atoms with Crippen molar-refractivity contribution in [1.82, 2.24) is 0 Å². The molecule has 0 aliphatic rings. The van der Waals surface area contributed by atoms with Crippen molar-refractivity contribution < 1.29 is 8.42 Å². The van der Waals surface area contributed by atoms with Gasteiger partial charge in [-0.3, -0.25) is 0 Å². The molecule has 0 spiro atoms. The van der Waals surface area contributed by atoms with Crippen molar-refractivity contribution in [2.24, 2.45) is 0 Å². The normalized spacial score (nSPS) is 11.2. The highest BCUT2D eigenvalue weighted by Crippen LogP contribution is 2.19. The van der Waals surface area contributed by atoms with Crippen LogP contribution in [0.5, 0.6) is 0 Å². The summed E-state index contributed by atoms with van der Waals surface area (Å²) in [6.45, 7) is 0. The average Bonchev–Trinajstić information content (AvgIpc) is 2.31. The first-order valence-corrected chi connectivity index (χ1v) is 6.05. The molecule has 2 aromatic rings. The topological polar surface area (TPSA) is 34.1 Å². The molecule has 2 nitrogen and oxygen atoms in total. The lowest BCUT2D eigenvalue weighted by molar-refractivity contribution is 0.596. The fourth-order valence-corrected chi connectivity index (χ4v) is 2.64. The van der Waals surface area contributed by atoms with Crippen molar-refractivity contribution in [3.63, 3.8) is 0 Å². The Morgan fingerprint density at radius 3 is 1.27 bits per heavy atom. The molecule has 0 saturated heterocycles. The second-order valence-electron chi connectivity index (χ2n) is 3.13. The lowest BCUT2D eigenvalue weighted by atomic mass is 10.4. The van der Waals surface area contributed by atoms with Crippen LogP contribution in [0.15, 0.2) is 70.5 Å². The standard InChI is InChI=1S/C12H10O2S/c13-15(14,11-7-3-1-4-8-11)12-9-5-2-6-10-12/h1-10H/i13+2,14+2. The van der Waals surface area contributed by atoms with Gasteiger partial charge in [0.2, 0.25) is 9.84 Å². The second-order valence-corrected chi connectivity index (χ2v) is 5.08. The highest BCUT2D eigenvalue weighted by Gasteiger charge is 2.15. The monoisotopic (exact) mass is 222 g/mol. The average molecular weight is 222 g/mol. The quantitative estimate of drug-likeness (QED) is 0.732. The third-order valence-corrected chi connectivity index (χ3v) is 3.89. The van der Waals surface area contributed by atoms with E-state index in [0.29, 0.717) is 9.79 Å². The van der Waals surface area contributed by atoms with E-state index in [-0.39, 0.29) is 0 Å². The summed E-state index contributed by atoms with van der Waals surface area (Å²) in [5, 5.41) is 0. The smallest absolute Gasteiger partial charge is 0.206 e. The minimum absolute atomic E-state index is 0.330. The zero-order valence-corrected chi connectivity index (χ0v) is 8.81. The second kappa shape index (κ2) is 3.87. The molecule has 0 aliphatic heterocycles. The summed E-state index contributed by atoms with van der Waals surface area (Å²) in [6.07, 6.45) is 0. The van der Waals surface area contributed by atoms with Gasteiger partial charge in [-0.15, -0.1) is 0 Å². The Morgan fingerprint density at radius 2 is 0.933 bits per heavy atom. The van der Waals surface area contributed by atoms with Gasteiger partial charge in [0.25, 0.3) is 0 Å². The van der Waals surface area contributed by atoms with Crippen molar-refractivity contribution in [3.05, 3.63) is 60.7 Å². The van der Waals surface area contributed by atoms with Crippen LogP contribution in [0, 0.1) is 0 Å². The maximum absolute atomic E-state index is 12.0. The molecule has 15 heavy (non-hydrogen) atoms. The summed E-state index contributed by atoms with van der Waals surface area (Å²) >= 11 is 0. The highest BCUT2D eigenvalue weighted by atomic mass is 32.2. The lowest BCUT2D eigenvalue weighted by Crippen LogP contribution is -2.00. The predicted octanol–water partition coefficient (Wildman–Crippen LogP) is 2.52. The van der Waals surface area contributed by atoms with E-state index in [2.05, 4.69) is 0 Å². The van der Waals surface area contributed by atoms with Crippen LogP contribution in [-0.2, 0) is 9.84 Å². The van der Waals surface area contributed by atoms with Gasteiger partial charge in [0, 0.05) is 0 Å². The number of hydrogen-bond acceptors (Lipinski definition) is 2. The van der Waals surface area contributed by atoms with E-state index in [0.717, 1.165) is 0 Å². The summed E-state index contributed by atoms with van der Waals surface area (Å²) in [7, 11) is -3.34. The molecule has 0 aliphatic carbocycles. The van der Waals surface area contributed by atoms with E-state index in [1.165, 1.54) is 0 Å². The van der Waals surface area contributed by atoms with Crippen LogP contribution in [0.4, 0.5) is 0 Å². The van der Waals surface area contributed by atoms with Gasteiger partial charge in [-0.1, -0.05) is 36.4 Å². The van der Waals surface area contributed by atoms with E-state index in [1.54, 1.807) is 60.7 Å². The Hall–Kier alpha value is -1.61. The van der Waals surface area contributed by atoms with Crippen LogP contribution in [-0.4, -0.2) is 8.42 Å². The minimum Gasteiger partial charge on any atom is -0.219 e. The summed E-state index contributed by atoms with van der Waals surface area (Å²) in [6, 6.07) is 16.9. The number of sulfone groups is 1. The summed E-state index contributed by atoms with van der Waals surface area (Å²) in [5.74, 6) is 0. The van der Waals surface area contributed by atoms with E-state index in [1.807, 2.05) is 0 Å². The molecule has 0 aromatic heterocycles. The van der Waals surface area contributed by atoms with Crippen LogP contribution in [0.1, 0.15) is 0 Å².